The highest BCUT2D eigenvalue weighted by Crippen LogP contribution is 2.23. The summed E-state index contributed by atoms with van der Waals surface area (Å²) in [4.78, 5) is 5.26. The fourth-order valence-electron chi connectivity index (χ4n) is 1.72. The molecule has 0 amide bonds. The van der Waals surface area contributed by atoms with Gasteiger partial charge in [0.1, 0.15) is 0 Å². The van der Waals surface area contributed by atoms with E-state index in [1.54, 1.807) is 0 Å². The molecular weight excluding hydrogens is 174 g/mol. The number of rotatable bonds is 2. The van der Waals surface area contributed by atoms with Gasteiger partial charge < -0.3 is 0 Å². The molecule has 0 saturated heterocycles. The second-order valence-electron chi connectivity index (χ2n) is 3.40. The van der Waals surface area contributed by atoms with E-state index >= 15 is 0 Å². The number of benzene rings is 1. The molecule has 2 nitrogen and oxygen atoms in total. The molecular formula is C12H15NO. The molecule has 0 atom stereocenters. The van der Waals surface area contributed by atoms with Crippen LogP contribution in [0.2, 0.25) is 0 Å². The molecule has 0 aliphatic carbocycles. The molecule has 0 spiro atoms. The van der Waals surface area contributed by atoms with Gasteiger partial charge in [-0.2, -0.15) is 0 Å². The van der Waals surface area contributed by atoms with E-state index in [9.17, 15) is 0 Å². The maximum absolute atomic E-state index is 5.26. The zero-order valence-corrected chi connectivity index (χ0v) is 8.42. The van der Waals surface area contributed by atoms with E-state index < -0.39 is 0 Å². The number of hydrogen-bond donors (Lipinski definition) is 1. The van der Waals surface area contributed by atoms with Crippen molar-refractivity contribution in [1.82, 2.24) is 5.48 Å². The second-order valence-corrected chi connectivity index (χ2v) is 3.40. The van der Waals surface area contributed by atoms with Gasteiger partial charge in [0.05, 0.1) is 12.3 Å². The van der Waals surface area contributed by atoms with Gasteiger partial charge in [-0.15, -0.1) is 0 Å². The first-order valence-corrected chi connectivity index (χ1v) is 5.07. The minimum Gasteiger partial charge on any atom is -0.276 e. The van der Waals surface area contributed by atoms with Crippen molar-refractivity contribution >= 4 is 5.70 Å². The van der Waals surface area contributed by atoms with Crippen molar-refractivity contribution in [1.29, 1.82) is 0 Å². The van der Waals surface area contributed by atoms with Crippen LogP contribution in [0.1, 0.15) is 25.3 Å². The maximum Gasteiger partial charge on any atom is 0.0784 e. The van der Waals surface area contributed by atoms with E-state index in [0.717, 1.165) is 25.1 Å². The van der Waals surface area contributed by atoms with Crippen LogP contribution in [0.15, 0.2) is 35.9 Å². The standard InChI is InChI=1S/C12H15NO/c1-2-10-8-9-14-13-12(10)11-6-4-3-5-7-11/h3-7,13H,2,8-9H2,1H3. The molecule has 1 heterocycles. The normalized spacial score (nSPS) is 16.6. The highest BCUT2D eigenvalue weighted by Gasteiger charge is 2.12. The van der Waals surface area contributed by atoms with E-state index in [-0.39, 0.29) is 0 Å². The summed E-state index contributed by atoms with van der Waals surface area (Å²) in [7, 11) is 0. The van der Waals surface area contributed by atoms with Crippen molar-refractivity contribution in [3.8, 4) is 0 Å². The Morgan fingerprint density at radius 2 is 2.07 bits per heavy atom. The lowest BCUT2D eigenvalue weighted by Crippen LogP contribution is -2.21. The molecule has 1 aliphatic heterocycles. The van der Waals surface area contributed by atoms with Crippen LogP contribution in [0.4, 0.5) is 0 Å². The Morgan fingerprint density at radius 1 is 1.29 bits per heavy atom. The average molecular weight is 189 g/mol. The Hall–Kier alpha value is -1.28. The van der Waals surface area contributed by atoms with Crippen LogP contribution in [-0.2, 0) is 4.84 Å². The lowest BCUT2D eigenvalue weighted by atomic mass is 10.0. The first-order chi connectivity index (χ1) is 6.92. The van der Waals surface area contributed by atoms with E-state index in [0.29, 0.717) is 0 Å². The summed E-state index contributed by atoms with van der Waals surface area (Å²) in [5.74, 6) is 0. The smallest absolute Gasteiger partial charge is 0.0784 e. The van der Waals surface area contributed by atoms with Crippen molar-refractivity contribution in [2.75, 3.05) is 6.61 Å². The van der Waals surface area contributed by atoms with Gasteiger partial charge >= 0.3 is 0 Å². The molecule has 2 heteroatoms. The lowest BCUT2D eigenvalue weighted by molar-refractivity contribution is 0.0705. The van der Waals surface area contributed by atoms with Gasteiger partial charge in [0.15, 0.2) is 0 Å². The summed E-state index contributed by atoms with van der Waals surface area (Å²) in [5.41, 5.74) is 6.83. The number of hydroxylamine groups is 1. The highest BCUT2D eigenvalue weighted by atomic mass is 16.6. The van der Waals surface area contributed by atoms with Gasteiger partial charge in [-0.05, 0) is 24.0 Å². The molecule has 74 valence electrons. The summed E-state index contributed by atoms with van der Waals surface area (Å²) in [5, 5.41) is 0. The zero-order chi connectivity index (χ0) is 9.80. The Labute approximate surface area is 84.5 Å². The topological polar surface area (TPSA) is 21.3 Å². The minimum atomic E-state index is 0.777. The fourth-order valence-corrected chi connectivity index (χ4v) is 1.72. The molecule has 0 saturated carbocycles. The molecule has 0 fully saturated rings. The van der Waals surface area contributed by atoms with Crippen LogP contribution in [0, 0.1) is 0 Å². The summed E-state index contributed by atoms with van der Waals surface area (Å²) in [6, 6.07) is 10.3. The van der Waals surface area contributed by atoms with Gasteiger partial charge in [0.2, 0.25) is 0 Å². The largest absolute Gasteiger partial charge is 0.276 e. The van der Waals surface area contributed by atoms with E-state index in [2.05, 4.69) is 24.5 Å². The van der Waals surface area contributed by atoms with Crippen molar-refractivity contribution in [2.45, 2.75) is 19.8 Å². The summed E-state index contributed by atoms with van der Waals surface area (Å²) in [6.07, 6.45) is 2.12. The van der Waals surface area contributed by atoms with E-state index in [1.807, 2.05) is 18.2 Å². The van der Waals surface area contributed by atoms with Crippen LogP contribution in [0.25, 0.3) is 5.70 Å². The van der Waals surface area contributed by atoms with E-state index in [4.69, 9.17) is 4.84 Å². The summed E-state index contributed by atoms with van der Waals surface area (Å²) >= 11 is 0. The zero-order valence-electron chi connectivity index (χ0n) is 8.42. The molecule has 0 aromatic heterocycles. The quantitative estimate of drug-likeness (QED) is 0.772. The van der Waals surface area contributed by atoms with Crippen molar-refractivity contribution < 1.29 is 4.84 Å². The molecule has 1 aliphatic rings. The third-order valence-electron chi connectivity index (χ3n) is 2.52. The predicted octanol–water partition coefficient (Wildman–Crippen LogP) is 2.73. The molecule has 0 radical (unpaired) electrons. The van der Waals surface area contributed by atoms with E-state index in [1.165, 1.54) is 11.1 Å². The van der Waals surface area contributed by atoms with Crippen molar-refractivity contribution in [2.24, 2.45) is 0 Å². The van der Waals surface area contributed by atoms with Crippen LogP contribution >= 0.6 is 0 Å². The Kier molecular flexibility index (Phi) is 2.84. The van der Waals surface area contributed by atoms with Crippen LogP contribution in [0.5, 0.6) is 0 Å². The SMILES string of the molecule is CCC1=C(c2ccccc2)NOCC1. The summed E-state index contributed by atoms with van der Waals surface area (Å²) in [6.45, 7) is 2.96. The molecule has 1 N–H and O–H groups in total. The maximum atomic E-state index is 5.26. The Balaban J connectivity index is 2.35. The third-order valence-corrected chi connectivity index (χ3v) is 2.52. The monoisotopic (exact) mass is 189 g/mol. The van der Waals surface area contributed by atoms with Crippen molar-refractivity contribution in [3.05, 3.63) is 41.5 Å². The first kappa shape index (κ1) is 9.28. The van der Waals surface area contributed by atoms with Gasteiger partial charge in [-0.3, -0.25) is 10.3 Å². The molecule has 14 heavy (non-hydrogen) atoms. The van der Waals surface area contributed by atoms with Crippen LogP contribution < -0.4 is 5.48 Å². The lowest BCUT2D eigenvalue weighted by Gasteiger charge is -2.21. The average Bonchev–Trinajstić information content (AvgIpc) is 2.30. The molecule has 0 bridgehead atoms. The Morgan fingerprint density at radius 3 is 2.79 bits per heavy atom. The summed E-state index contributed by atoms with van der Waals surface area (Å²) < 4.78 is 0. The van der Waals surface area contributed by atoms with Gasteiger partial charge in [0.25, 0.3) is 0 Å². The molecule has 2 rings (SSSR count). The third kappa shape index (κ3) is 1.80. The van der Waals surface area contributed by atoms with Crippen LogP contribution in [-0.4, -0.2) is 6.61 Å². The van der Waals surface area contributed by atoms with Gasteiger partial charge in [0, 0.05) is 0 Å². The molecule has 1 aromatic carbocycles. The molecule has 0 unspecified atom stereocenters. The number of nitrogens with one attached hydrogen (secondary N) is 1. The van der Waals surface area contributed by atoms with Gasteiger partial charge in [-0.25, -0.2) is 0 Å². The van der Waals surface area contributed by atoms with Crippen LogP contribution in [0.3, 0.4) is 0 Å². The minimum absolute atomic E-state index is 0.777. The van der Waals surface area contributed by atoms with Crippen molar-refractivity contribution in [3.63, 3.8) is 0 Å². The fraction of sp³-hybridized carbons (Fsp3) is 0.333. The molecule has 1 aromatic rings. The Bertz CT molecular complexity index is 329. The van der Waals surface area contributed by atoms with Gasteiger partial charge in [-0.1, -0.05) is 37.3 Å². The predicted molar refractivity (Wildman–Crippen MR) is 57.4 cm³/mol. The number of hydrogen-bond acceptors (Lipinski definition) is 2. The second kappa shape index (κ2) is 4.29. The highest BCUT2D eigenvalue weighted by molar-refractivity contribution is 5.66. The first-order valence-electron chi connectivity index (χ1n) is 5.07.